The van der Waals surface area contributed by atoms with E-state index < -0.39 is 11.9 Å². The van der Waals surface area contributed by atoms with Crippen LogP contribution in [0.2, 0.25) is 0 Å². The topological polar surface area (TPSA) is 73.2 Å². The fourth-order valence-corrected chi connectivity index (χ4v) is 3.49. The first-order valence-electron chi connectivity index (χ1n) is 10.3. The van der Waals surface area contributed by atoms with Crippen LogP contribution < -0.4 is 5.32 Å². The van der Waals surface area contributed by atoms with Crippen molar-refractivity contribution in [3.05, 3.63) is 102 Å². The van der Waals surface area contributed by atoms with E-state index in [0.29, 0.717) is 11.3 Å². The van der Waals surface area contributed by atoms with Gasteiger partial charge in [-0.2, -0.15) is 5.10 Å². The molecule has 0 bridgehead atoms. The Kier molecular flexibility index (Phi) is 6.12. The molecule has 32 heavy (non-hydrogen) atoms. The molecule has 0 saturated carbocycles. The highest BCUT2D eigenvalue weighted by molar-refractivity contribution is 5.98. The van der Waals surface area contributed by atoms with Crippen LogP contribution >= 0.6 is 0 Å². The number of esters is 1. The molecule has 0 atom stereocenters. The van der Waals surface area contributed by atoms with Crippen molar-refractivity contribution in [2.45, 2.75) is 13.8 Å². The predicted octanol–water partition coefficient (Wildman–Crippen LogP) is 4.95. The van der Waals surface area contributed by atoms with E-state index in [1.165, 1.54) is 0 Å². The molecule has 0 aliphatic carbocycles. The summed E-state index contributed by atoms with van der Waals surface area (Å²) >= 11 is 0. The number of anilines is 1. The summed E-state index contributed by atoms with van der Waals surface area (Å²) in [5, 5.41) is 7.26. The molecule has 3 aromatic carbocycles. The lowest BCUT2D eigenvalue weighted by atomic mass is 10.0. The summed E-state index contributed by atoms with van der Waals surface area (Å²) in [6, 6.07) is 26.2. The van der Waals surface area contributed by atoms with Crippen LogP contribution in [0, 0.1) is 13.8 Å². The Bertz CT molecular complexity index is 1250. The largest absolute Gasteiger partial charge is 0.452 e. The summed E-state index contributed by atoms with van der Waals surface area (Å²) in [5.74, 6) is -0.961. The molecule has 0 unspecified atom stereocenters. The Morgan fingerprint density at radius 1 is 0.906 bits per heavy atom. The molecule has 0 spiro atoms. The Morgan fingerprint density at radius 3 is 2.28 bits per heavy atom. The van der Waals surface area contributed by atoms with Gasteiger partial charge in [0.05, 0.1) is 16.9 Å². The number of carbonyl (C=O) groups is 2. The minimum atomic E-state index is -0.559. The van der Waals surface area contributed by atoms with Crippen molar-refractivity contribution in [3.8, 4) is 16.8 Å². The number of ether oxygens (including phenoxy) is 1. The zero-order valence-corrected chi connectivity index (χ0v) is 17.9. The van der Waals surface area contributed by atoms with Gasteiger partial charge in [-0.25, -0.2) is 9.48 Å². The van der Waals surface area contributed by atoms with Crippen molar-refractivity contribution in [3.63, 3.8) is 0 Å². The number of rotatable bonds is 6. The van der Waals surface area contributed by atoms with Crippen LogP contribution in [0.3, 0.4) is 0 Å². The Hall–Kier alpha value is -4.19. The highest BCUT2D eigenvalue weighted by Crippen LogP contribution is 2.27. The smallest absolute Gasteiger partial charge is 0.338 e. The van der Waals surface area contributed by atoms with E-state index in [1.807, 2.05) is 79.2 Å². The zero-order valence-electron chi connectivity index (χ0n) is 17.9. The number of hydrogen-bond donors (Lipinski definition) is 1. The van der Waals surface area contributed by atoms with Crippen LogP contribution in [-0.4, -0.2) is 28.3 Å². The van der Waals surface area contributed by atoms with Crippen LogP contribution in [0.1, 0.15) is 21.7 Å². The number of nitrogens with zero attached hydrogens (tertiary/aromatic N) is 2. The number of para-hydroxylation sites is 1. The summed E-state index contributed by atoms with van der Waals surface area (Å²) in [4.78, 5) is 24.8. The van der Waals surface area contributed by atoms with Gasteiger partial charge in [0, 0.05) is 16.9 Å². The van der Waals surface area contributed by atoms with Gasteiger partial charge in [0.25, 0.3) is 5.91 Å². The van der Waals surface area contributed by atoms with Gasteiger partial charge >= 0.3 is 5.97 Å². The monoisotopic (exact) mass is 425 g/mol. The summed E-state index contributed by atoms with van der Waals surface area (Å²) in [7, 11) is 0. The maximum atomic E-state index is 12.4. The first-order valence-corrected chi connectivity index (χ1v) is 10.3. The molecule has 1 heterocycles. The number of carbonyl (C=O) groups excluding carboxylic acids is 2. The summed E-state index contributed by atoms with van der Waals surface area (Å²) in [5.41, 5.74) is 5.69. The molecule has 4 rings (SSSR count). The number of hydrogen-bond acceptors (Lipinski definition) is 4. The van der Waals surface area contributed by atoms with Gasteiger partial charge in [0.2, 0.25) is 0 Å². The summed E-state index contributed by atoms with van der Waals surface area (Å²) < 4.78 is 7.02. The van der Waals surface area contributed by atoms with Crippen molar-refractivity contribution in [2.24, 2.45) is 0 Å². The van der Waals surface area contributed by atoms with Gasteiger partial charge in [-0.1, -0.05) is 48.5 Å². The number of aromatic nitrogens is 2. The van der Waals surface area contributed by atoms with Gasteiger partial charge in [-0.3, -0.25) is 4.79 Å². The lowest BCUT2D eigenvalue weighted by Gasteiger charge is -2.12. The van der Waals surface area contributed by atoms with Crippen molar-refractivity contribution in [1.82, 2.24) is 9.78 Å². The molecular formula is C26H23N3O3. The molecule has 4 aromatic rings. The molecule has 160 valence electrons. The van der Waals surface area contributed by atoms with Crippen LogP contribution in [-0.2, 0) is 9.53 Å². The highest BCUT2D eigenvalue weighted by Gasteiger charge is 2.13. The third-order valence-corrected chi connectivity index (χ3v) is 4.98. The molecule has 6 nitrogen and oxygen atoms in total. The van der Waals surface area contributed by atoms with Crippen molar-refractivity contribution >= 4 is 17.6 Å². The Balaban J connectivity index is 1.38. The molecule has 0 fully saturated rings. The number of benzene rings is 3. The normalized spacial score (nSPS) is 10.6. The SMILES string of the molecule is Cc1cc(C)n(-c2ccc(C(=O)OCC(=O)Nc3ccccc3-c3ccccc3)cc2)n1. The molecule has 0 radical (unpaired) electrons. The predicted molar refractivity (Wildman–Crippen MR) is 124 cm³/mol. The van der Waals surface area contributed by atoms with Gasteiger partial charge in [-0.15, -0.1) is 0 Å². The van der Waals surface area contributed by atoms with E-state index >= 15 is 0 Å². The fraction of sp³-hybridized carbons (Fsp3) is 0.115. The van der Waals surface area contributed by atoms with E-state index in [4.69, 9.17) is 4.74 Å². The Labute approximate surface area is 186 Å². The van der Waals surface area contributed by atoms with E-state index in [2.05, 4.69) is 10.4 Å². The van der Waals surface area contributed by atoms with Crippen LogP contribution in [0.25, 0.3) is 16.8 Å². The lowest BCUT2D eigenvalue weighted by Crippen LogP contribution is -2.21. The average molecular weight is 425 g/mol. The first kappa shape index (κ1) is 21.1. The minimum absolute atomic E-state index is 0.368. The van der Waals surface area contributed by atoms with Crippen LogP contribution in [0.15, 0.2) is 84.9 Å². The maximum absolute atomic E-state index is 12.4. The quantitative estimate of drug-likeness (QED) is 0.444. The second-order valence-electron chi connectivity index (χ2n) is 7.42. The molecule has 1 N–H and O–H groups in total. The molecule has 1 amide bonds. The molecule has 0 aliphatic heterocycles. The number of amides is 1. The van der Waals surface area contributed by atoms with Gasteiger partial charge in [0.1, 0.15) is 0 Å². The van der Waals surface area contributed by atoms with Crippen LogP contribution in [0.5, 0.6) is 0 Å². The molecular weight excluding hydrogens is 402 g/mol. The average Bonchev–Trinajstić information content (AvgIpc) is 3.16. The zero-order chi connectivity index (χ0) is 22.5. The van der Waals surface area contributed by atoms with E-state index in [1.54, 1.807) is 24.3 Å². The molecule has 6 heteroatoms. The van der Waals surface area contributed by atoms with Crippen molar-refractivity contribution < 1.29 is 14.3 Å². The lowest BCUT2D eigenvalue weighted by molar-refractivity contribution is -0.119. The molecule has 0 saturated heterocycles. The number of nitrogens with one attached hydrogen (secondary N) is 1. The summed E-state index contributed by atoms with van der Waals surface area (Å²) in [6.45, 7) is 3.52. The van der Waals surface area contributed by atoms with E-state index in [-0.39, 0.29) is 6.61 Å². The Morgan fingerprint density at radius 2 is 1.59 bits per heavy atom. The number of aryl methyl sites for hydroxylation is 2. The fourth-order valence-electron chi connectivity index (χ4n) is 3.49. The maximum Gasteiger partial charge on any atom is 0.338 e. The highest BCUT2D eigenvalue weighted by atomic mass is 16.5. The molecule has 1 aromatic heterocycles. The second kappa shape index (κ2) is 9.31. The van der Waals surface area contributed by atoms with E-state index in [9.17, 15) is 9.59 Å². The molecule has 0 aliphatic rings. The van der Waals surface area contributed by atoms with Gasteiger partial charge < -0.3 is 10.1 Å². The second-order valence-corrected chi connectivity index (χ2v) is 7.42. The van der Waals surface area contributed by atoms with Crippen LogP contribution in [0.4, 0.5) is 5.69 Å². The first-order chi connectivity index (χ1) is 15.5. The third kappa shape index (κ3) is 4.75. The van der Waals surface area contributed by atoms with Crippen molar-refractivity contribution in [1.29, 1.82) is 0 Å². The minimum Gasteiger partial charge on any atom is -0.452 e. The van der Waals surface area contributed by atoms with E-state index in [0.717, 1.165) is 28.2 Å². The van der Waals surface area contributed by atoms with Gasteiger partial charge in [-0.05, 0) is 55.8 Å². The summed E-state index contributed by atoms with van der Waals surface area (Å²) in [6.07, 6.45) is 0. The third-order valence-electron chi connectivity index (χ3n) is 4.98. The van der Waals surface area contributed by atoms with Crippen molar-refractivity contribution in [2.75, 3.05) is 11.9 Å². The standard InChI is InChI=1S/C26H23N3O3/c1-18-16-19(2)29(28-18)22-14-12-21(13-15-22)26(31)32-17-25(30)27-24-11-7-6-10-23(24)20-8-4-3-5-9-20/h3-16H,17H2,1-2H3,(H,27,30). The van der Waals surface area contributed by atoms with Gasteiger partial charge in [0.15, 0.2) is 6.61 Å².